The SMILES string of the molecule is CC(O)c1cccc(C2(C)CC2)c1. The van der Waals surface area contributed by atoms with Gasteiger partial charge in [0, 0.05) is 0 Å². The fraction of sp³-hybridized carbons (Fsp3) is 0.500. The highest BCUT2D eigenvalue weighted by Crippen LogP contribution is 2.47. The van der Waals surface area contributed by atoms with E-state index in [-0.39, 0.29) is 6.10 Å². The van der Waals surface area contributed by atoms with Crippen molar-refractivity contribution in [3.05, 3.63) is 35.4 Å². The van der Waals surface area contributed by atoms with E-state index in [0.717, 1.165) is 5.56 Å². The first kappa shape index (κ1) is 8.76. The minimum atomic E-state index is -0.345. The van der Waals surface area contributed by atoms with Crippen LogP contribution in [0.4, 0.5) is 0 Å². The third-order valence-corrected chi connectivity index (χ3v) is 3.07. The van der Waals surface area contributed by atoms with Crippen LogP contribution in [-0.2, 0) is 5.41 Å². The first-order chi connectivity index (χ1) is 6.12. The zero-order valence-electron chi connectivity index (χ0n) is 8.25. The molecule has 1 unspecified atom stereocenters. The molecule has 0 aromatic heterocycles. The molecule has 1 saturated carbocycles. The predicted octanol–water partition coefficient (Wildman–Crippen LogP) is 2.79. The minimum absolute atomic E-state index is 0.345. The molecule has 1 fully saturated rings. The standard InChI is InChI=1S/C12H16O/c1-9(13)10-4-3-5-11(8-10)12(2)6-7-12/h3-5,8-9,13H,6-7H2,1-2H3. The molecular weight excluding hydrogens is 160 g/mol. The molecule has 70 valence electrons. The molecule has 13 heavy (non-hydrogen) atoms. The van der Waals surface area contributed by atoms with E-state index in [0.29, 0.717) is 5.41 Å². The van der Waals surface area contributed by atoms with Gasteiger partial charge < -0.3 is 5.11 Å². The number of benzene rings is 1. The van der Waals surface area contributed by atoms with Gasteiger partial charge in [0.25, 0.3) is 0 Å². The van der Waals surface area contributed by atoms with Crippen molar-refractivity contribution >= 4 is 0 Å². The lowest BCUT2D eigenvalue weighted by molar-refractivity contribution is 0.199. The summed E-state index contributed by atoms with van der Waals surface area (Å²) in [5.74, 6) is 0. The second kappa shape index (κ2) is 2.85. The van der Waals surface area contributed by atoms with E-state index in [1.54, 1.807) is 0 Å². The van der Waals surface area contributed by atoms with Crippen LogP contribution >= 0.6 is 0 Å². The molecule has 0 bridgehead atoms. The molecule has 0 amide bonds. The highest BCUT2D eigenvalue weighted by atomic mass is 16.3. The Balaban J connectivity index is 2.33. The molecule has 1 atom stereocenters. The Labute approximate surface area is 79.4 Å². The Morgan fingerprint density at radius 2 is 2.08 bits per heavy atom. The normalized spacial score (nSPS) is 21.2. The molecule has 1 nitrogen and oxygen atoms in total. The molecular formula is C12H16O. The number of rotatable bonds is 2. The smallest absolute Gasteiger partial charge is 0.0762 e. The highest BCUT2D eigenvalue weighted by molar-refractivity contribution is 5.34. The lowest BCUT2D eigenvalue weighted by Gasteiger charge is -2.11. The van der Waals surface area contributed by atoms with Crippen molar-refractivity contribution in [3.8, 4) is 0 Å². The molecule has 1 aromatic rings. The van der Waals surface area contributed by atoms with Crippen molar-refractivity contribution in [1.29, 1.82) is 0 Å². The number of aliphatic hydroxyl groups excluding tert-OH is 1. The molecule has 0 heterocycles. The predicted molar refractivity (Wildman–Crippen MR) is 53.7 cm³/mol. The molecule has 0 radical (unpaired) electrons. The van der Waals surface area contributed by atoms with Crippen molar-refractivity contribution in [2.45, 2.75) is 38.2 Å². The van der Waals surface area contributed by atoms with Gasteiger partial charge in [-0.3, -0.25) is 0 Å². The Kier molecular flexibility index (Phi) is 1.92. The quantitative estimate of drug-likeness (QED) is 0.734. The van der Waals surface area contributed by atoms with E-state index in [4.69, 9.17) is 0 Å². The third-order valence-electron chi connectivity index (χ3n) is 3.07. The van der Waals surface area contributed by atoms with Crippen molar-refractivity contribution in [1.82, 2.24) is 0 Å². The number of hydrogen-bond donors (Lipinski definition) is 1. The molecule has 2 rings (SSSR count). The molecule has 0 saturated heterocycles. The summed E-state index contributed by atoms with van der Waals surface area (Å²) in [6, 6.07) is 8.33. The summed E-state index contributed by atoms with van der Waals surface area (Å²) >= 11 is 0. The Morgan fingerprint density at radius 3 is 2.62 bits per heavy atom. The largest absolute Gasteiger partial charge is 0.389 e. The van der Waals surface area contributed by atoms with Crippen molar-refractivity contribution < 1.29 is 5.11 Å². The van der Waals surface area contributed by atoms with Crippen LogP contribution in [0.2, 0.25) is 0 Å². The Morgan fingerprint density at radius 1 is 1.38 bits per heavy atom. The van der Waals surface area contributed by atoms with Gasteiger partial charge in [0.15, 0.2) is 0 Å². The molecule has 1 N–H and O–H groups in total. The molecule has 1 aliphatic rings. The average Bonchev–Trinajstić information content (AvgIpc) is 2.85. The van der Waals surface area contributed by atoms with Crippen LogP contribution in [0.5, 0.6) is 0 Å². The van der Waals surface area contributed by atoms with Crippen LogP contribution in [0.15, 0.2) is 24.3 Å². The van der Waals surface area contributed by atoms with E-state index in [9.17, 15) is 5.11 Å². The number of aliphatic hydroxyl groups is 1. The second-order valence-corrected chi connectivity index (χ2v) is 4.36. The zero-order chi connectivity index (χ0) is 9.47. The Bertz CT molecular complexity index is 311. The average molecular weight is 176 g/mol. The monoisotopic (exact) mass is 176 g/mol. The summed E-state index contributed by atoms with van der Waals surface area (Å²) < 4.78 is 0. The van der Waals surface area contributed by atoms with E-state index in [1.165, 1.54) is 18.4 Å². The van der Waals surface area contributed by atoms with Gasteiger partial charge in [-0.2, -0.15) is 0 Å². The van der Waals surface area contributed by atoms with Crippen LogP contribution in [0.3, 0.4) is 0 Å². The van der Waals surface area contributed by atoms with Gasteiger partial charge in [-0.25, -0.2) is 0 Å². The van der Waals surface area contributed by atoms with Gasteiger partial charge in [0.05, 0.1) is 6.10 Å². The van der Waals surface area contributed by atoms with Crippen molar-refractivity contribution in [2.24, 2.45) is 0 Å². The van der Waals surface area contributed by atoms with E-state index in [1.807, 2.05) is 19.1 Å². The summed E-state index contributed by atoms with van der Waals surface area (Å²) in [4.78, 5) is 0. The van der Waals surface area contributed by atoms with Crippen LogP contribution in [0.25, 0.3) is 0 Å². The molecule has 1 aliphatic carbocycles. The fourth-order valence-corrected chi connectivity index (χ4v) is 1.65. The first-order valence-corrected chi connectivity index (χ1v) is 4.90. The maximum Gasteiger partial charge on any atom is 0.0762 e. The summed E-state index contributed by atoms with van der Waals surface area (Å²) in [6.07, 6.45) is 2.23. The minimum Gasteiger partial charge on any atom is -0.389 e. The summed E-state index contributed by atoms with van der Waals surface area (Å²) in [5.41, 5.74) is 2.82. The number of hydrogen-bond acceptors (Lipinski definition) is 1. The van der Waals surface area contributed by atoms with E-state index in [2.05, 4.69) is 19.1 Å². The van der Waals surface area contributed by atoms with Crippen molar-refractivity contribution in [3.63, 3.8) is 0 Å². The van der Waals surface area contributed by atoms with Crippen LogP contribution in [-0.4, -0.2) is 5.11 Å². The van der Waals surface area contributed by atoms with Gasteiger partial charge >= 0.3 is 0 Å². The lowest BCUT2D eigenvalue weighted by Crippen LogP contribution is -2.01. The Hall–Kier alpha value is -0.820. The zero-order valence-corrected chi connectivity index (χ0v) is 8.25. The highest BCUT2D eigenvalue weighted by Gasteiger charge is 2.38. The van der Waals surface area contributed by atoms with Crippen LogP contribution in [0.1, 0.15) is 43.9 Å². The van der Waals surface area contributed by atoms with Gasteiger partial charge in [0.2, 0.25) is 0 Å². The molecule has 0 spiro atoms. The summed E-state index contributed by atoms with van der Waals surface area (Å²) in [6.45, 7) is 4.10. The second-order valence-electron chi connectivity index (χ2n) is 4.36. The topological polar surface area (TPSA) is 20.2 Å². The maximum atomic E-state index is 9.43. The van der Waals surface area contributed by atoms with Gasteiger partial charge in [-0.15, -0.1) is 0 Å². The summed E-state index contributed by atoms with van der Waals surface area (Å²) in [7, 11) is 0. The first-order valence-electron chi connectivity index (χ1n) is 4.90. The third kappa shape index (κ3) is 1.61. The van der Waals surface area contributed by atoms with Crippen LogP contribution in [0, 0.1) is 0 Å². The molecule has 1 aromatic carbocycles. The molecule has 0 aliphatic heterocycles. The van der Waals surface area contributed by atoms with Gasteiger partial charge in [-0.05, 0) is 36.3 Å². The van der Waals surface area contributed by atoms with Gasteiger partial charge in [-0.1, -0.05) is 31.2 Å². The van der Waals surface area contributed by atoms with Crippen molar-refractivity contribution in [2.75, 3.05) is 0 Å². The lowest BCUT2D eigenvalue weighted by atomic mass is 9.95. The fourth-order valence-electron chi connectivity index (χ4n) is 1.65. The maximum absolute atomic E-state index is 9.43. The van der Waals surface area contributed by atoms with E-state index < -0.39 is 0 Å². The molecule has 1 heteroatoms. The van der Waals surface area contributed by atoms with Crippen LogP contribution < -0.4 is 0 Å². The summed E-state index contributed by atoms with van der Waals surface area (Å²) in [5, 5.41) is 9.43. The van der Waals surface area contributed by atoms with E-state index >= 15 is 0 Å². The van der Waals surface area contributed by atoms with Gasteiger partial charge in [0.1, 0.15) is 0 Å².